The van der Waals surface area contributed by atoms with Gasteiger partial charge in [-0.3, -0.25) is 9.59 Å². The molecule has 7 nitrogen and oxygen atoms in total. The van der Waals surface area contributed by atoms with E-state index in [1.165, 1.54) is 36.4 Å². The Hall–Kier alpha value is -3.68. The predicted molar refractivity (Wildman–Crippen MR) is 106 cm³/mol. The van der Waals surface area contributed by atoms with Crippen LogP contribution in [-0.4, -0.2) is 28.4 Å². The molecule has 1 aromatic heterocycles. The third kappa shape index (κ3) is 5.19. The largest absolute Gasteiger partial charge is 0.494 e. The van der Waals surface area contributed by atoms with E-state index in [1.807, 2.05) is 6.92 Å². The summed E-state index contributed by atoms with van der Waals surface area (Å²) in [4.78, 5) is 24.4. The van der Waals surface area contributed by atoms with Gasteiger partial charge in [0.25, 0.3) is 11.5 Å². The van der Waals surface area contributed by atoms with Gasteiger partial charge in [-0.05, 0) is 62.4 Å². The maximum absolute atomic E-state index is 13.1. The number of carbonyl (C=O) groups is 1. The van der Waals surface area contributed by atoms with Crippen molar-refractivity contribution < 1.29 is 18.7 Å². The molecular weight excluding hydrogens is 377 g/mol. The van der Waals surface area contributed by atoms with Gasteiger partial charge in [0, 0.05) is 17.8 Å². The van der Waals surface area contributed by atoms with Crippen molar-refractivity contribution in [3.05, 3.63) is 76.8 Å². The van der Waals surface area contributed by atoms with Gasteiger partial charge in [0.05, 0.1) is 12.3 Å². The van der Waals surface area contributed by atoms with Crippen LogP contribution in [-0.2, 0) is 4.79 Å². The summed E-state index contributed by atoms with van der Waals surface area (Å²) in [5, 5.41) is 6.83. The molecule has 0 saturated carbocycles. The zero-order valence-corrected chi connectivity index (χ0v) is 16.0. The number of hydrogen-bond donors (Lipinski definition) is 1. The van der Waals surface area contributed by atoms with Crippen LogP contribution in [0.3, 0.4) is 0 Å². The van der Waals surface area contributed by atoms with Crippen molar-refractivity contribution in [2.45, 2.75) is 20.0 Å². The quantitative estimate of drug-likeness (QED) is 0.662. The highest BCUT2D eigenvalue weighted by Crippen LogP contribution is 2.16. The fourth-order valence-corrected chi connectivity index (χ4v) is 2.50. The minimum Gasteiger partial charge on any atom is -0.494 e. The van der Waals surface area contributed by atoms with Crippen LogP contribution in [0.5, 0.6) is 11.6 Å². The SMILES string of the molecule is CCOc1ccc(NC(=O)[C@H](C)Oc2ccc(=O)n(-c3ccc(F)cc3)n2)cc1. The second kappa shape index (κ2) is 9.01. The Morgan fingerprint density at radius 2 is 1.79 bits per heavy atom. The normalized spacial score (nSPS) is 11.6. The first-order chi connectivity index (χ1) is 14.0. The van der Waals surface area contributed by atoms with Gasteiger partial charge in [0.2, 0.25) is 5.88 Å². The first-order valence-electron chi connectivity index (χ1n) is 9.03. The van der Waals surface area contributed by atoms with Gasteiger partial charge < -0.3 is 14.8 Å². The summed E-state index contributed by atoms with van der Waals surface area (Å²) in [6.07, 6.45) is -0.867. The van der Waals surface area contributed by atoms with Gasteiger partial charge in [-0.1, -0.05) is 0 Å². The second-order valence-electron chi connectivity index (χ2n) is 6.10. The second-order valence-corrected chi connectivity index (χ2v) is 6.10. The highest BCUT2D eigenvalue weighted by atomic mass is 19.1. The van der Waals surface area contributed by atoms with Crippen molar-refractivity contribution in [2.75, 3.05) is 11.9 Å². The maximum atomic E-state index is 13.1. The molecule has 0 aliphatic heterocycles. The summed E-state index contributed by atoms with van der Waals surface area (Å²) in [6, 6.07) is 14.9. The number of ether oxygens (including phenoxy) is 2. The summed E-state index contributed by atoms with van der Waals surface area (Å²) in [6.45, 7) is 4.02. The summed E-state index contributed by atoms with van der Waals surface area (Å²) < 4.78 is 25.1. The van der Waals surface area contributed by atoms with Crippen LogP contribution in [0.2, 0.25) is 0 Å². The van der Waals surface area contributed by atoms with Crippen LogP contribution in [0.25, 0.3) is 5.69 Å². The van der Waals surface area contributed by atoms with Gasteiger partial charge in [-0.15, -0.1) is 5.10 Å². The predicted octanol–water partition coefficient (Wildman–Crippen LogP) is 3.18. The number of amides is 1. The van der Waals surface area contributed by atoms with Crippen LogP contribution in [0.4, 0.5) is 10.1 Å². The number of hydrogen-bond acceptors (Lipinski definition) is 5. The van der Waals surface area contributed by atoms with Gasteiger partial charge >= 0.3 is 0 Å². The van der Waals surface area contributed by atoms with E-state index in [1.54, 1.807) is 31.2 Å². The lowest BCUT2D eigenvalue weighted by Gasteiger charge is -2.15. The molecule has 8 heteroatoms. The van der Waals surface area contributed by atoms with Crippen LogP contribution < -0.4 is 20.3 Å². The monoisotopic (exact) mass is 397 g/mol. The van der Waals surface area contributed by atoms with E-state index < -0.39 is 17.5 Å². The van der Waals surface area contributed by atoms with E-state index >= 15 is 0 Å². The van der Waals surface area contributed by atoms with Gasteiger partial charge in [0.15, 0.2) is 6.10 Å². The van der Waals surface area contributed by atoms with Crippen LogP contribution in [0.15, 0.2) is 65.5 Å². The third-order valence-electron chi connectivity index (χ3n) is 3.95. The number of carbonyl (C=O) groups excluding carboxylic acids is 1. The molecule has 150 valence electrons. The van der Waals surface area contributed by atoms with Gasteiger partial charge in [-0.25, -0.2) is 4.39 Å². The molecular formula is C21H20FN3O4. The lowest BCUT2D eigenvalue weighted by atomic mass is 10.3. The molecule has 0 saturated heterocycles. The number of benzene rings is 2. The number of nitrogens with one attached hydrogen (secondary N) is 1. The molecule has 3 aromatic rings. The molecule has 1 N–H and O–H groups in total. The van der Waals surface area contributed by atoms with Crippen LogP contribution >= 0.6 is 0 Å². The minimum atomic E-state index is -0.867. The van der Waals surface area contributed by atoms with E-state index in [0.29, 0.717) is 23.7 Å². The minimum absolute atomic E-state index is 0.0864. The molecule has 0 bridgehead atoms. The molecule has 0 fully saturated rings. The number of rotatable bonds is 7. The van der Waals surface area contributed by atoms with E-state index in [0.717, 1.165) is 4.68 Å². The summed E-state index contributed by atoms with van der Waals surface area (Å²) >= 11 is 0. The average Bonchev–Trinajstić information content (AvgIpc) is 2.72. The first-order valence-corrected chi connectivity index (χ1v) is 9.03. The molecule has 1 atom stereocenters. The van der Waals surface area contributed by atoms with E-state index in [9.17, 15) is 14.0 Å². The zero-order chi connectivity index (χ0) is 20.8. The molecule has 1 amide bonds. The zero-order valence-electron chi connectivity index (χ0n) is 16.0. The van der Waals surface area contributed by atoms with E-state index in [4.69, 9.17) is 9.47 Å². The van der Waals surface area contributed by atoms with Crippen LogP contribution in [0.1, 0.15) is 13.8 Å². The molecule has 29 heavy (non-hydrogen) atoms. The van der Waals surface area contributed by atoms with E-state index in [-0.39, 0.29) is 11.8 Å². The third-order valence-corrected chi connectivity index (χ3v) is 3.95. The molecule has 0 aliphatic rings. The topological polar surface area (TPSA) is 82.5 Å². The number of halogens is 1. The number of aromatic nitrogens is 2. The lowest BCUT2D eigenvalue weighted by molar-refractivity contribution is -0.122. The molecule has 3 rings (SSSR count). The number of anilines is 1. The molecule has 0 radical (unpaired) electrons. The summed E-state index contributed by atoms with van der Waals surface area (Å²) in [5.41, 5.74) is 0.571. The summed E-state index contributed by atoms with van der Waals surface area (Å²) in [5.74, 6) is -0.00501. The van der Waals surface area contributed by atoms with Crippen molar-refractivity contribution in [1.29, 1.82) is 0 Å². The van der Waals surface area contributed by atoms with Crippen molar-refractivity contribution in [3.63, 3.8) is 0 Å². The van der Waals surface area contributed by atoms with E-state index in [2.05, 4.69) is 10.4 Å². The Morgan fingerprint density at radius 3 is 2.45 bits per heavy atom. The Balaban J connectivity index is 1.68. The highest BCUT2D eigenvalue weighted by Gasteiger charge is 2.16. The fraction of sp³-hybridized carbons (Fsp3) is 0.190. The molecule has 1 heterocycles. The molecule has 0 spiro atoms. The average molecular weight is 397 g/mol. The lowest BCUT2D eigenvalue weighted by Crippen LogP contribution is -2.31. The summed E-state index contributed by atoms with van der Waals surface area (Å²) in [7, 11) is 0. The van der Waals surface area contributed by atoms with Gasteiger partial charge in [0.1, 0.15) is 11.6 Å². The Morgan fingerprint density at radius 1 is 1.10 bits per heavy atom. The van der Waals surface area contributed by atoms with Crippen molar-refractivity contribution in [2.24, 2.45) is 0 Å². The first kappa shape index (κ1) is 20.1. The van der Waals surface area contributed by atoms with Crippen molar-refractivity contribution in [1.82, 2.24) is 9.78 Å². The molecule has 2 aromatic carbocycles. The molecule has 0 aliphatic carbocycles. The van der Waals surface area contributed by atoms with Gasteiger partial charge in [-0.2, -0.15) is 4.68 Å². The standard InChI is InChI=1S/C21H20FN3O4/c1-3-28-18-10-6-16(7-11-18)23-21(27)14(2)29-19-12-13-20(26)25(24-19)17-8-4-15(22)5-9-17/h4-14H,3H2,1-2H3,(H,23,27)/t14-/m0/s1. The Kier molecular flexibility index (Phi) is 6.23. The maximum Gasteiger partial charge on any atom is 0.271 e. The highest BCUT2D eigenvalue weighted by molar-refractivity contribution is 5.94. The fourth-order valence-electron chi connectivity index (χ4n) is 2.50. The van der Waals surface area contributed by atoms with Crippen molar-refractivity contribution >= 4 is 11.6 Å². The van der Waals surface area contributed by atoms with Crippen LogP contribution in [0, 0.1) is 5.82 Å². The Labute approximate surface area is 166 Å². The van der Waals surface area contributed by atoms with Crippen molar-refractivity contribution in [3.8, 4) is 17.3 Å². The molecule has 0 unspecified atom stereocenters. The number of nitrogens with zero attached hydrogens (tertiary/aromatic N) is 2. The Bertz CT molecular complexity index is 1030. The smallest absolute Gasteiger partial charge is 0.271 e.